The number of thioether (sulfide) groups is 1. The molecule has 2 N–H and O–H groups in total. The summed E-state index contributed by atoms with van der Waals surface area (Å²) in [5.74, 6) is 0.804. The zero-order valence-corrected chi connectivity index (χ0v) is 20.2. The highest BCUT2D eigenvalue weighted by Crippen LogP contribution is 2.33. The molecule has 0 bridgehead atoms. The minimum Gasteiger partial charge on any atom is -0.497 e. The van der Waals surface area contributed by atoms with E-state index in [0.717, 1.165) is 46.0 Å². The topological polar surface area (TPSA) is 84.8 Å². The fourth-order valence-corrected chi connectivity index (χ4v) is 4.60. The summed E-state index contributed by atoms with van der Waals surface area (Å²) in [7, 11) is 1.58. The second-order valence-corrected chi connectivity index (χ2v) is 8.95. The van der Waals surface area contributed by atoms with E-state index >= 15 is 0 Å². The van der Waals surface area contributed by atoms with Gasteiger partial charge in [-0.15, -0.1) is 10.2 Å². The Morgan fingerprint density at radius 2 is 1.84 bits per heavy atom. The van der Waals surface area contributed by atoms with E-state index in [1.807, 2.05) is 59.3 Å². The van der Waals surface area contributed by atoms with E-state index in [-0.39, 0.29) is 11.4 Å². The molecule has 1 amide bonds. The number of hydrogen-bond acceptors (Lipinski definition) is 5. The van der Waals surface area contributed by atoms with E-state index in [1.54, 1.807) is 7.11 Å². The number of nitrogens with zero attached hydrogens (tertiary/aromatic N) is 3. The summed E-state index contributed by atoms with van der Waals surface area (Å²) in [5, 5.41) is 12.8. The monoisotopic (exact) mass is 523 g/mol. The molecule has 0 saturated carbocycles. The predicted molar refractivity (Wildman–Crippen MR) is 136 cm³/mol. The van der Waals surface area contributed by atoms with Crippen LogP contribution in [0, 0.1) is 0 Å². The Bertz CT molecular complexity index is 1560. The number of benzene rings is 3. The number of H-pyrrole nitrogens is 1. The highest BCUT2D eigenvalue weighted by molar-refractivity contribution is 7.99. The van der Waals surface area contributed by atoms with Gasteiger partial charge in [-0.05, 0) is 42.5 Å². The van der Waals surface area contributed by atoms with Crippen LogP contribution in [0.25, 0.3) is 28.0 Å². The molecule has 0 atom stereocenters. The summed E-state index contributed by atoms with van der Waals surface area (Å²) in [5.41, 5.74) is 2.02. The first kappa shape index (κ1) is 24.4. The number of aromatic nitrogens is 4. The summed E-state index contributed by atoms with van der Waals surface area (Å²) in [6.45, 7) is 0. The van der Waals surface area contributed by atoms with Crippen LogP contribution in [0.2, 0.25) is 0 Å². The molecule has 0 saturated heterocycles. The standard InChI is InChI=1S/C26H20F3N5O2S/c1-36-19-6-4-5-18(13-19)34-24(21-14-30-22-8-3-2-7-20(21)22)32-33-25(34)37-15-23(35)31-17-11-9-16(10-12-17)26(27,28)29/h2-14,30H,15H2,1H3,(H,31,35). The molecule has 37 heavy (non-hydrogen) atoms. The summed E-state index contributed by atoms with van der Waals surface area (Å²) in [4.78, 5) is 15.8. The molecule has 0 radical (unpaired) electrons. The molecule has 7 nitrogen and oxygen atoms in total. The van der Waals surface area contributed by atoms with Crippen LogP contribution in [-0.4, -0.2) is 38.5 Å². The zero-order valence-electron chi connectivity index (χ0n) is 19.4. The second-order valence-electron chi connectivity index (χ2n) is 8.00. The van der Waals surface area contributed by atoms with E-state index in [0.29, 0.717) is 16.7 Å². The lowest BCUT2D eigenvalue weighted by Crippen LogP contribution is -2.15. The van der Waals surface area contributed by atoms with Crippen molar-refractivity contribution in [2.45, 2.75) is 11.3 Å². The van der Waals surface area contributed by atoms with Gasteiger partial charge in [0.1, 0.15) is 5.75 Å². The lowest BCUT2D eigenvalue weighted by molar-refractivity contribution is -0.137. The van der Waals surface area contributed by atoms with Crippen molar-refractivity contribution in [3.05, 3.63) is 84.6 Å². The zero-order chi connectivity index (χ0) is 26.0. The lowest BCUT2D eigenvalue weighted by atomic mass is 10.1. The van der Waals surface area contributed by atoms with Crippen LogP contribution >= 0.6 is 11.8 Å². The van der Waals surface area contributed by atoms with Gasteiger partial charge in [-0.25, -0.2) is 0 Å². The molecule has 0 aliphatic rings. The second kappa shape index (κ2) is 10.0. The number of para-hydroxylation sites is 1. The molecule has 5 rings (SSSR count). The Hall–Kier alpha value is -4.25. The van der Waals surface area contributed by atoms with E-state index in [9.17, 15) is 18.0 Å². The number of nitrogens with one attached hydrogen (secondary N) is 2. The van der Waals surface area contributed by atoms with Crippen molar-refractivity contribution in [3.63, 3.8) is 0 Å². The van der Waals surface area contributed by atoms with Gasteiger partial charge in [0.05, 0.1) is 24.1 Å². The van der Waals surface area contributed by atoms with Crippen LogP contribution in [0.4, 0.5) is 18.9 Å². The van der Waals surface area contributed by atoms with Gasteiger partial charge in [0.15, 0.2) is 11.0 Å². The van der Waals surface area contributed by atoms with Gasteiger partial charge in [-0.1, -0.05) is 36.0 Å². The number of halogens is 3. The van der Waals surface area contributed by atoms with Crippen molar-refractivity contribution in [2.24, 2.45) is 0 Å². The number of ether oxygens (including phenoxy) is 1. The molecule has 0 fully saturated rings. The fraction of sp³-hybridized carbons (Fsp3) is 0.115. The minimum atomic E-state index is -4.44. The first-order valence-corrected chi connectivity index (χ1v) is 12.1. The molecule has 3 aromatic carbocycles. The number of amides is 1. The summed E-state index contributed by atoms with van der Waals surface area (Å²) in [6, 6.07) is 19.5. The first-order chi connectivity index (χ1) is 17.8. The van der Waals surface area contributed by atoms with Crippen molar-refractivity contribution in [1.29, 1.82) is 0 Å². The SMILES string of the molecule is COc1cccc(-n2c(SCC(=O)Nc3ccc(C(F)(F)F)cc3)nnc2-c2c[nH]c3ccccc23)c1. The van der Waals surface area contributed by atoms with Crippen LogP contribution in [-0.2, 0) is 11.0 Å². The van der Waals surface area contributed by atoms with Gasteiger partial charge in [-0.3, -0.25) is 9.36 Å². The van der Waals surface area contributed by atoms with Gasteiger partial charge < -0.3 is 15.0 Å². The molecule has 0 aliphatic carbocycles. The van der Waals surface area contributed by atoms with Crippen molar-refractivity contribution >= 4 is 34.3 Å². The summed E-state index contributed by atoms with van der Waals surface area (Å²) < 4.78 is 45.6. The summed E-state index contributed by atoms with van der Waals surface area (Å²) in [6.07, 6.45) is -2.58. The fourth-order valence-electron chi connectivity index (χ4n) is 3.85. The largest absolute Gasteiger partial charge is 0.497 e. The smallest absolute Gasteiger partial charge is 0.416 e. The number of aromatic amines is 1. The normalized spacial score (nSPS) is 11.6. The number of fused-ring (bicyclic) bond motifs is 1. The molecule has 0 unspecified atom stereocenters. The average molecular weight is 524 g/mol. The molecule has 2 heterocycles. The average Bonchev–Trinajstić information content (AvgIpc) is 3.51. The quantitative estimate of drug-likeness (QED) is 0.249. The molecule has 11 heteroatoms. The van der Waals surface area contributed by atoms with Crippen molar-refractivity contribution in [3.8, 4) is 22.8 Å². The number of methoxy groups -OCH3 is 1. The molecule has 2 aromatic heterocycles. The van der Waals surface area contributed by atoms with E-state index in [2.05, 4.69) is 20.5 Å². The Balaban J connectivity index is 1.42. The molecule has 188 valence electrons. The highest BCUT2D eigenvalue weighted by Gasteiger charge is 2.30. The van der Waals surface area contributed by atoms with Crippen molar-refractivity contribution < 1.29 is 22.7 Å². The number of rotatable bonds is 7. The van der Waals surface area contributed by atoms with E-state index < -0.39 is 17.6 Å². The van der Waals surface area contributed by atoms with Crippen molar-refractivity contribution in [1.82, 2.24) is 19.7 Å². The third-order valence-electron chi connectivity index (χ3n) is 5.60. The molecular weight excluding hydrogens is 503 g/mol. The van der Waals surface area contributed by atoms with E-state index in [1.165, 1.54) is 12.1 Å². The van der Waals surface area contributed by atoms with Crippen LogP contribution in [0.5, 0.6) is 5.75 Å². The Morgan fingerprint density at radius 1 is 1.05 bits per heavy atom. The highest BCUT2D eigenvalue weighted by atomic mass is 32.2. The van der Waals surface area contributed by atoms with Gasteiger partial charge in [-0.2, -0.15) is 13.2 Å². The number of alkyl halides is 3. The van der Waals surface area contributed by atoms with Gasteiger partial charge in [0, 0.05) is 34.4 Å². The number of hydrogen-bond donors (Lipinski definition) is 2. The van der Waals surface area contributed by atoms with Crippen LogP contribution in [0.15, 0.2) is 84.1 Å². The summed E-state index contributed by atoms with van der Waals surface area (Å²) >= 11 is 1.16. The Morgan fingerprint density at radius 3 is 2.59 bits per heavy atom. The van der Waals surface area contributed by atoms with Gasteiger partial charge in [0.2, 0.25) is 5.91 Å². The molecular formula is C26H20F3N5O2S. The molecule has 5 aromatic rings. The predicted octanol–water partition coefficient (Wildman–Crippen LogP) is 6.17. The van der Waals surface area contributed by atoms with Crippen LogP contribution in [0.1, 0.15) is 5.56 Å². The number of carbonyl (C=O) groups excluding carboxylic acids is 1. The number of anilines is 1. The van der Waals surface area contributed by atoms with Gasteiger partial charge in [0.25, 0.3) is 0 Å². The Kier molecular flexibility index (Phi) is 6.62. The third-order valence-corrected chi connectivity index (χ3v) is 6.53. The van der Waals surface area contributed by atoms with Crippen LogP contribution in [0.3, 0.4) is 0 Å². The maximum atomic E-state index is 12.8. The maximum Gasteiger partial charge on any atom is 0.416 e. The maximum absolute atomic E-state index is 12.8. The number of carbonyl (C=O) groups is 1. The third kappa shape index (κ3) is 5.17. The van der Waals surface area contributed by atoms with Crippen molar-refractivity contribution in [2.75, 3.05) is 18.2 Å². The van der Waals surface area contributed by atoms with E-state index in [4.69, 9.17) is 4.74 Å². The van der Waals surface area contributed by atoms with Gasteiger partial charge >= 0.3 is 6.18 Å². The Labute approximate surface area is 213 Å². The van der Waals surface area contributed by atoms with Crippen LogP contribution < -0.4 is 10.1 Å². The molecule has 0 aliphatic heterocycles. The first-order valence-electron chi connectivity index (χ1n) is 11.1. The lowest BCUT2D eigenvalue weighted by Gasteiger charge is -2.12. The molecule has 0 spiro atoms. The minimum absolute atomic E-state index is 0.0307.